The van der Waals surface area contributed by atoms with Crippen LogP contribution in [0.1, 0.15) is 168 Å². The van der Waals surface area contributed by atoms with E-state index in [1.54, 1.807) is 6.08 Å². The molecule has 34 heavy (non-hydrogen) atoms. The molecule has 200 valence electrons. The molecule has 2 atom stereocenters. The normalized spacial score (nSPS) is 17.8. The van der Waals surface area contributed by atoms with Crippen molar-refractivity contribution in [2.24, 2.45) is 11.8 Å². The van der Waals surface area contributed by atoms with Crippen molar-refractivity contribution in [1.29, 1.82) is 0 Å². The summed E-state index contributed by atoms with van der Waals surface area (Å²) < 4.78 is 5.17. The van der Waals surface area contributed by atoms with E-state index in [9.17, 15) is 4.79 Å². The number of hydrogen-bond donors (Lipinski definition) is 0. The Morgan fingerprint density at radius 2 is 1.03 bits per heavy atom. The molecule has 2 unspecified atom stereocenters. The van der Waals surface area contributed by atoms with Crippen LogP contribution in [0.4, 0.5) is 0 Å². The smallest absolute Gasteiger partial charge is 0.330 e. The van der Waals surface area contributed by atoms with Crippen molar-refractivity contribution in [3.8, 4) is 0 Å². The Labute approximate surface area is 214 Å². The molecular formula is C32H60O2. The average molecular weight is 477 g/mol. The predicted molar refractivity (Wildman–Crippen MR) is 149 cm³/mol. The molecule has 0 amide bonds. The first-order chi connectivity index (χ1) is 16.7. The van der Waals surface area contributed by atoms with Gasteiger partial charge in [-0.15, -0.1) is 0 Å². The molecule has 0 aromatic heterocycles. The molecule has 0 radical (unpaired) electrons. The predicted octanol–water partition coefficient (Wildman–Crippen LogP) is 10.7. The summed E-state index contributed by atoms with van der Waals surface area (Å²) in [5, 5.41) is 0. The molecule has 2 heteroatoms. The quantitative estimate of drug-likeness (QED) is 0.0743. The average Bonchev–Trinajstić information content (AvgIpc) is 3.58. The number of allylic oxidation sites excluding steroid dienone is 1. The summed E-state index contributed by atoms with van der Waals surface area (Å²) in [4.78, 5) is 12.0. The molecule has 0 spiro atoms. The van der Waals surface area contributed by atoms with E-state index in [0.717, 1.165) is 24.7 Å². The Kier molecular flexibility index (Phi) is 20.8. The molecule has 1 fully saturated rings. The van der Waals surface area contributed by atoms with Gasteiger partial charge in [-0.2, -0.15) is 0 Å². The van der Waals surface area contributed by atoms with Crippen LogP contribution in [0.5, 0.6) is 0 Å². The van der Waals surface area contributed by atoms with Gasteiger partial charge in [0.05, 0.1) is 6.61 Å². The lowest BCUT2D eigenvalue weighted by Gasteiger charge is -2.08. The third-order valence-corrected chi connectivity index (χ3v) is 7.78. The summed E-state index contributed by atoms with van der Waals surface area (Å²) in [5.41, 5.74) is 1.32. The minimum Gasteiger partial charge on any atom is -0.463 e. The van der Waals surface area contributed by atoms with Crippen LogP contribution in [0.15, 0.2) is 11.6 Å². The molecule has 0 heterocycles. The summed E-state index contributed by atoms with van der Waals surface area (Å²) >= 11 is 0. The van der Waals surface area contributed by atoms with Gasteiger partial charge in [0.2, 0.25) is 0 Å². The second kappa shape index (κ2) is 22.7. The van der Waals surface area contributed by atoms with E-state index in [1.165, 1.54) is 140 Å². The Bertz CT molecular complexity index is 495. The first-order valence-electron chi connectivity index (χ1n) is 15.6. The van der Waals surface area contributed by atoms with Crippen LogP contribution in [-0.2, 0) is 9.53 Å². The van der Waals surface area contributed by atoms with Gasteiger partial charge in [0.1, 0.15) is 0 Å². The van der Waals surface area contributed by atoms with E-state index in [0.29, 0.717) is 6.61 Å². The maximum Gasteiger partial charge on any atom is 0.330 e. The van der Waals surface area contributed by atoms with Gasteiger partial charge in [-0.25, -0.2) is 4.79 Å². The van der Waals surface area contributed by atoms with Crippen LogP contribution < -0.4 is 0 Å². The van der Waals surface area contributed by atoms with Gasteiger partial charge in [0, 0.05) is 6.08 Å². The molecule has 0 N–H and O–H groups in total. The Morgan fingerprint density at radius 3 is 1.47 bits per heavy atom. The van der Waals surface area contributed by atoms with Crippen LogP contribution in [0.3, 0.4) is 0 Å². The maximum absolute atomic E-state index is 12.0. The minimum atomic E-state index is -0.139. The number of carbonyl (C=O) groups excluding carboxylic acids is 1. The van der Waals surface area contributed by atoms with Crippen LogP contribution in [0.25, 0.3) is 0 Å². The Hall–Kier alpha value is -0.790. The number of carbonyl (C=O) groups is 1. The highest BCUT2D eigenvalue weighted by molar-refractivity contribution is 5.82. The fraction of sp³-hybridized carbons (Fsp3) is 0.906. The van der Waals surface area contributed by atoms with E-state index in [2.05, 4.69) is 13.8 Å². The minimum absolute atomic E-state index is 0.139. The van der Waals surface area contributed by atoms with Gasteiger partial charge in [0.25, 0.3) is 0 Å². The summed E-state index contributed by atoms with van der Waals surface area (Å²) in [7, 11) is 0. The monoisotopic (exact) mass is 476 g/mol. The van der Waals surface area contributed by atoms with Gasteiger partial charge >= 0.3 is 5.97 Å². The van der Waals surface area contributed by atoms with Gasteiger partial charge < -0.3 is 4.74 Å². The molecule has 1 saturated carbocycles. The molecule has 1 aliphatic carbocycles. The molecule has 0 aromatic rings. The number of hydrogen-bond acceptors (Lipinski definition) is 2. The molecule has 0 saturated heterocycles. The zero-order valence-electron chi connectivity index (χ0n) is 23.5. The first-order valence-corrected chi connectivity index (χ1v) is 15.6. The topological polar surface area (TPSA) is 26.3 Å². The summed E-state index contributed by atoms with van der Waals surface area (Å²) in [5.74, 6) is 2.01. The highest BCUT2D eigenvalue weighted by atomic mass is 16.5. The lowest BCUT2D eigenvalue weighted by atomic mass is 9.98. The van der Waals surface area contributed by atoms with E-state index < -0.39 is 0 Å². The summed E-state index contributed by atoms with van der Waals surface area (Å²) in [6.07, 6.45) is 33.1. The van der Waals surface area contributed by atoms with Crippen LogP contribution in [-0.4, -0.2) is 12.6 Å². The van der Waals surface area contributed by atoms with Crippen molar-refractivity contribution in [2.45, 2.75) is 168 Å². The first kappa shape index (κ1) is 31.2. The molecule has 0 aromatic carbocycles. The van der Waals surface area contributed by atoms with Crippen molar-refractivity contribution >= 4 is 5.97 Å². The highest BCUT2D eigenvalue weighted by Crippen LogP contribution is 2.45. The Morgan fingerprint density at radius 1 is 0.618 bits per heavy atom. The second-order valence-electron chi connectivity index (χ2n) is 11.0. The van der Waals surface area contributed by atoms with Gasteiger partial charge in [-0.05, 0) is 50.9 Å². The van der Waals surface area contributed by atoms with E-state index in [4.69, 9.17) is 4.74 Å². The van der Waals surface area contributed by atoms with Crippen LogP contribution in [0, 0.1) is 11.8 Å². The molecule has 0 aliphatic heterocycles. The number of unbranched alkanes of at least 4 members (excludes halogenated alkanes) is 15. The lowest BCUT2D eigenvalue weighted by molar-refractivity contribution is -0.137. The van der Waals surface area contributed by atoms with E-state index in [1.807, 2.05) is 6.92 Å². The maximum atomic E-state index is 12.0. The number of rotatable bonds is 25. The summed E-state index contributed by atoms with van der Waals surface area (Å²) in [6, 6.07) is 0. The van der Waals surface area contributed by atoms with E-state index in [-0.39, 0.29) is 5.97 Å². The Balaban J connectivity index is 2.04. The third kappa shape index (κ3) is 18.5. The largest absolute Gasteiger partial charge is 0.463 e. The fourth-order valence-corrected chi connectivity index (χ4v) is 5.42. The molecular weight excluding hydrogens is 416 g/mol. The molecule has 1 rings (SSSR count). The lowest BCUT2D eigenvalue weighted by Crippen LogP contribution is -2.01. The zero-order chi connectivity index (χ0) is 24.7. The molecule has 2 nitrogen and oxygen atoms in total. The zero-order valence-corrected chi connectivity index (χ0v) is 23.5. The van der Waals surface area contributed by atoms with Crippen molar-refractivity contribution in [3.05, 3.63) is 11.6 Å². The van der Waals surface area contributed by atoms with Crippen LogP contribution >= 0.6 is 0 Å². The summed E-state index contributed by atoms with van der Waals surface area (Å²) in [6.45, 7) is 6.93. The standard InChI is InChI=1S/C32H60O2/c1-4-7-9-11-13-15-19-23-29(27-32(33)34-6-3)24-20-16-14-18-22-26-31-28-30(31)25-21-17-12-10-8-5-2/h27,30-31H,4-26,28H2,1-3H3. The van der Waals surface area contributed by atoms with Crippen molar-refractivity contribution < 1.29 is 9.53 Å². The van der Waals surface area contributed by atoms with Crippen molar-refractivity contribution in [3.63, 3.8) is 0 Å². The third-order valence-electron chi connectivity index (χ3n) is 7.78. The van der Waals surface area contributed by atoms with Crippen LogP contribution in [0.2, 0.25) is 0 Å². The SMILES string of the molecule is CCCCCCCCCC(=CC(=O)OCC)CCCCCCCC1CC1CCCCCCCC. The van der Waals surface area contributed by atoms with Crippen molar-refractivity contribution in [2.75, 3.05) is 6.61 Å². The highest BCUT2D eigenvalue weighted by Gasteiger charge is 2.34. The van der Waals surface area contributed by atoms with Crippen molar-refractivity contribution in [1.82, 2.24) is 0 Å². The second-order valence-corrected chi connectivity index (χ2v) is 11.0. The van der Waals surface area contributed by atoms with Gasteiger partial charge in [-0.1, -0.05) is 135 Å². The van der Waals surface area contributed by atoms with Gasteiger partial charge in [-0.3, -0.25) is 0 Å². The van der Waals surface area contributed by atoms with Gasteiger partial charge in [0.15, 0.2) is 0 Å². The van der Waals surface area contributed by atoms with E-state index >= 15 is 0 Å². The molecule has 0 bridgehead atoms. The molecule has 1 aliphatic rings. The fourth-order valence-electron chi connectivity index (χ4n) is 5.42. The number of ether oxygens (including phenoxy) is 1. The number of esters is 1.